The van der Waals surface area contributed by atoms with Gasteiger partial charge in [-0.2, -0.15) is 0 Å². The van der Waals surface area contributed by atoms with E-state index in [-0.39, 0.29) is 0 Å². The molecule has 1 heteroatoms. The van der Waals surface area contributed by atoms with E-state index in [9.17, 15) is 0 Å². The minimum absolute atomic E-state index is 0.703. The van der Waals surface area contributed by atoms with Gasteiger partial charge in [0.15, 0.2) is 0 Å². The molecular formula is C18H29N. The van der Waals surface area contributed by atoms with Crippen LogP contribution in [-0.4, -0.2) is 6.04 Å². The number of unbranched alkanes of at least 4 members (excludes halogenated alkanes) is 1. The van der Waals surface area contributed by atoms with Gasteiger partial charge in [-0.3, -0.25) is 0 Å². The van der Waals surface area contributed by atoms with Crippen molar-refractivity contribution in [2.24, 2.45) is 0 Å². The second kappa shape index (κ2) is 7.69. The largest absolute Gasteiger partial charge is 0.310 e. The Hall–Kier alpha value is -0.820. The first-order valence-electron chi connectivity index (χ1n) is 8.15. The summed E-state index contributed by atoms with van der Waals surface area (Å²) >= 11 is 0. The molecule has 2 rings (SSSR count). The monoisotopic (exact) mass is 259 g/mol. The Labute approximate surface area is 118 Å². The number of hydrogen-bond donors (Lipinski definition) is 1. The van der Waals surface area contributed by atoms with Crippen LogP contribution in [0.4, 0.5) is 0 Å². The Morgan fingerprint density at radius 3 is 2.68 bits per heavy atom. The van der Waals surface area contributed by atoms with Gasteiger partial charge in [0.2, 0.25) is 0 Å². The Balaban J connectivity index is 1.83. The van der Waals surface area contributed by atoms with Crippen molar-refractivity contribution in [3.8, 4) is 0 Å². The van der Waals surface area contributed by atoms with Crippen LogP contribution in [0.15, 0.2) is 24.3 Å². The second-order valence-electron chi connectivity index (χ2n) is 6.03. The average molecular weight is 259 g/mol. The van der Waals surface area contributed by atoms with E-state index in [1.807, 2.05) is 0 Å². The molecule has 19 heavy (non-hydrogen) atoms. The summed E-state index contributed by atoms with van der Waals surface area (Å²) in [5, 5.41) is 3.76. The second-order valence-corrected chi connectivity index (χ2v) is 6.03. The standard InChI is InChI=1S/C18H29N/c1-3-5-10-18(7-4-2)19-14-15-8-6-9-17(13-15)16-11-12-16/h6,8-9,13,16,18-19H,3-5,7,10-12,14H2,1-2H3. The number of hydrogen-bond acceptors (Lipinski definition) is 1. The van der Waals surface area contributed by atoms with Crippen LogP contribution in [0.3, 0.4) is 0 Å². The lowest BCUT2D eigenvalue weighted by atomic mass is 10.0. The molecule has 1 atom stereocenters. The summed E-state index contributed by atoms with van der Waals surface area (Å²) in [7, 11) is 0. The molecule has 1 aliphatic carbocycles. The van der Waals surface area contributed by atoms with Crippen LogP contribution in [0, 0.1) is 0 Å². The molecule has 1 N–H and O–H groups in total. The fraction of sp³-hybridized carbons (Fsp3) is 0.667. The third-order valence-electron chi connectivity index (χ3n) is 4.14. The molecule has 106 valence electrons. The molecule has 1 saturated carbocycles. The normalized spacial score (nSPS) is 16.5. The van der Waals surface area contributed by atoms with Crippen molar-refractivity contribution in [1.82, 2.24) is 5.32 Å². The van der Waals surface area contributed by atoms with Crippen LogP contribution in [0.25, 0.3) is 0 Å². The zero-order chi connectivity index (χ0) is 13.5. The predicted octanol–water partition coefficient (Wildman–Crippen LogP) is 5.01. The minimum atomic E-state index is 0.703. The van der Waals surface area contributed by atoms with Crippen molar-refractivity contribution in [2.45, 2.75) is 77.3 Å². The summed E-state index contributed by atoms with van der Waals surface area (Å²) in [6.45, 7) is 5.60. The van der Waals surface area contributed by atoms with Gasteiger partial charge in [-0.1, -0.05) is 57.4 Å². The van der Waals surface area contributed by atoms with Crippen molar-refractivity contribution in [1.29, 1.82) is 0 Å². The van der Waals surface area contributed by atoms with Gasteiger partial charge in [-0.25, -0.2) is 0 Å². The Morgan fingerprint density at radius 1 is 1.16 bits per heavy atom. The third-order valence-corrected chi connectivity index (χ3v) is 4.14. The van der Waals surface area contributed by atoms with Gasteiger partial charge in [0.05, 0.1) is 0 Å². The SMILES string of the molecule is CCCCC(CCC)NCc1cccc(C2CC2)c1. The number of rotatable bonds is 9. The molecule has 0 aliphatic heterocycles. The zero-order valence-corrected chi connectivity index (χ0v) is 12.6. The van der Waals surface area contributed by atoms with E-state index in [4.69, 9.17) is 0 Å². The lowest BCUT2D eigenvalue weighted by Gasteiger charge is -2.18. The molecule has 1 aromatic carbocycles. The van der Waals surface area contributed by atoms with Crippen LogP contribution in [0.1, 0.15) is 75.8 Å². The first-order valence-corrected chi connectivity index (χ1v) is 8.15. The van der Waals surface area contributed by atoms with Crippen molar-refractivity contribution < 1.29 is 0 Å². The van der Waals surface area contributed by atoms with E-state index in [1.165, 1.54) is 50.5 Å². The van der Waals surface area contributed by atoms with Crippen LogP contribution in [0.5, 0.6) is 0 Å². The lowest BCUT2D eigenvalue weighted by molar-refractivity contribution is 0.434. The van der Waals surface area contributed by atoms with Crippen molar-refractivity contribution in [3.05, 3.63) is 35.4 Å². The fourth-order valence-corrected chi connectivity index (χ4v) is 2.78. The summed E-state index contributed by atoms with van der Waals surface area (Å²) in [6, 6.07) is 9.90. The van der Waals surface area contributed by atoms with Crippen LogP contribution in [-0.2, 0) is 6.54 Å². The molecule has 1 nitrogen and oxygen atoms in total. The zero-order valence-electron chi connectivity index (χ0n) is 12.6. The summed E-state index contributed by atoms with van der Waals surface area (Å²) in [6.07, 6.45) is 9.36. The van der Waals surface area contributed by atoms with E-state index in [0.29, 0.717) is 6.04 Å². The fourth-order valence-electron chi connectivity index (χ4n) is 2.78. The maximum absolute atomic E-state index is 3.76. The maximum Gasteiger partial charge on any atom is 0.0208 e. The number of benzene rings is 1. The molecule has 0 spiro atoms. The summed E-state index contributed by atoms with van der Waals surface area (Å²) in [5.74, 6) is 0.867. The highest BCUT2D eigenvalue weighted by Crippen LogP contribution is 2.40. The molecule has 0 aromatic heterocycles. The van der Waals surface area contributed by atoms with Crippen molar-refractivity contribution in [3.63, 3.8) is 0 Å². The van der Waals surface area contributed by atoms with E-state index in [2.05, 4.69) is 43.4 Å². The Bertz CT molecular complexity index is 368. The molecular weight excluding hydrogens is 230 g/mol. The Morgan fingerprint density at radius 2 is 2.00 bits per heavy atom. The summed E-state index contributed by atoms with van der Waals surface area (Å²) in [5.41, 5.74) is 3.02. The molecule has 1 fully saturated rings. The number of nitrogens with one attached hydrogen (secondary N) is 1. The van der Waals surface area contributed by atoms with Gasteiger partial charge in [0.25, 0.3) is 0 Å². The molecule has 0 amide bonds. The van der Waals surface area contributed by atoms with E-state index < -0.39 is 0 Å². The molecule has 1 aliphatic rings. The van der Waals surface area contributed by atoms with Crippen molar-refractivity contribution >= 4 is 0 Å². The average Bonchev–Trinajstić information content (AvgIpc) is 3.27. The predicted molar refractivity (Wildman–Crippen MR) is 83.5 cm³/mol. The first kappa shape index (κ1) is 14.6. The van der Waals surface area contributed by atoms with Crippen LogP contribution >= 0.6 is 0 Å². The molecule has 1 unspecified atom stereocenters. The third kappa shape index (κ3) is 4.99. The minimum Gasteiger partial charge on any atom is -0.310 e. The molecule has 0 radical (unpaired) electrons. The highest BCUT2D eigenvalue weighted by molar-refractivity contribution is 5.29. The van der Waals surface area contributed by atoms with E-state index in [1.54, 1.807) is 5.56 Å². The van der Waals surface area contributed by atoms with E-state index >= 15 is 0 Å². The molecule has 0 bridgehead atoms. The van der Waals surface area contributed by atoms with Gasteiger partial charge in [-0.15, -0.1) is 0 Å². The topological polar surface area (TPSA) is 12.0 Å². The van der Waals surface area contributed by atoms with Gasteiger partial charge in [-0.05, 0) is 42.7 Å². The Kier molecular flexibility index (Phi) is 5.91. The van der Waals surface area contributed by atoms with Gasteiger partial charge in [0, 0.05) is 12.6 Å². The van der Waals surface area contributed by atoms with Gasteiger partial charge >= 0.3 is 0 Å². The highest BCUT2D eigenvalue weighted by Gasteiger charge is 2.23. The van der Waals surface area contributed by atoms with E-state index in [0.717, 1.165) is 12.5 Å². The van der Waals surface area contributed by atoms with Gasteiger partial charge in [0.1, 0.15) is 0 Å². The van der Waals surface area contributed by atoms with Crippen molar-refractivity contribution in [2.75, 3.05) is 0 Å². The maximum atomic E-state index is 3.76. The molecule has 0 saturated heterocycles. The lowest BCUT2D eigenvalue weighted by Crippen LogP contribution is -2.28. The summed E-state index contributed by atoms with van der Waals surface area (Å²) < 4.78 is 0. The molecule has 1 aromatic rings. The quantitative estimate of drug-likeness (QED) is 0.657. The molecule has 0 heterocycles. The van der Waals surface area contributed by atoms with Crippen LogP contribution < -0.4 is 5.32 Å². The highest BCUT2D eigenvalue weighted by atomic mass is 14.9. The smallest absolute Gasteiger partial charge is 0.0208 e. The van der Waals surface area contributed by atoms with Gasteiger partial charge < -0.3 is 5.32 Å². The first-order chi connectivity index (χ1) is 9.33. The van der Waals surface area contributed by atoms with Crippen LogP contribution in [0.2, 0.25) is 0 Å². The summed E-state index contributed by atoms with van der Waals surface area (Å²) in [4.78, 5) is 0.